The number of aliphatic hydroxyl groups excluding tert-OH is 1. The first kappa shape index (κ1) is 19.4. The van der Waals surface area contributed by atoms with Gasteiger partial charge in [-0.25, -0.2) is 0 Å². The molecule has 1 saturated heterocycles. The summed E-state index contributed by atoms with van der Waals surface area (Å²) in [7, 11) is 1.77. The normalized spacial score (nSPS) is 48.9. The van der Waals surface area contributed by atoms with Crippen molar-refractivity contribution in [3.63, 3.8) is 0 Å². The molecule has 5 nitrogen and oxygen atoms in total. The van der Waals surface area contributed by atoms with Crippen molar-refractivity contribution in [1.29, 1.82) is 0 Å². The molecule has 0 bridgehead atoms. The number of ether oxygens (including phenoxy) is 3. The molecule has 3 aliphatic carbocycles. The molecule has 2 saturated carbocycles. The van der Waals surface area contributed by atoms with Gasteiger partial charge in [-0.3, -0.25) is 4.79 Å². The van der Waals surface area contributed by atoms with Gasteiger partial charge in [0.1, 0.15) is 6.10 Å². The number of fused-ring (bicyclic) bond motifs is 5. The number of hydrogen-bond acceptors (Lipinski definition) is 5. The van der Waals surface area contributed by atoms with Crippen molar-refractivity contribution >= 4 is 5.97 Å². The summed E-state index contributed by atoms with van der Waals surface area (Å²) in [6, 6.07) is 0. The van der Waals surface area contributed by atoms with Crippen LogP contribution < -0.4 is 0 Å². The third kappa shape index (κ3) is 2.89. The molecule has 0 amide bonds. The molecule has 4 aliphatic rings. The van der Waals surface area contributed by atoms with E-state index >= 15 is 0 Å². The summed E-state index contributed by atoms with van der Waals surface area (Å²) in [5.41, 5.74) is 1.06. The Morgan fingerprint density at radius 2 is 2.11 bits per heavy atom. The molecule has 1 heterocycles. The van der Waals surface area contributed by atoms with Gasteiger partial charge >= 0.3 is 5.97 Å². The Bertz CT molecular complexity index is 630. The van der Waals surface area contributed by atoms with Crippen LogP contribution in [0.25, 0.3) is 0 Å². The number of carbonyl (C=O) groups is 1. The molecule has 4 unspecified atom stereocenters. The van der Waals surface area contributed by atoms with Gasteiger partial charge in [0, 0.05) is 30.3 Å². The second-order valence-corrected chi connectivity index (χ2v) is 9.53. The van der Waals surface area contributed by atoms with Crippen LogP contribution in [0, 0.1) is 22.7 Å². The van der Waals surface area contributed by atoms with Gasteiger partial charge in [-0.05, 0) is 38.0 Å². The maximum absolute atomic E-state index is 11.9. The van der Waals surface area contributed by atoms with Gasteiger partial charge in [-0.1, -0.05) is 32.4 Å². The summed E-state index contributed by atoms with van der Waals surface area (Å²) in [6.45, 7) is 6.92. The molecule has 1 aliphatic heterocycles. The van der Waals surface area contributed by atoms with Crippen LogP contribution in [0.5, 0.6) is 0 Å². The largest absolute Gasteiger partial charge is 0.462 e. The number of methoxy groups -OCH3 is 1. The van der Waals surface area contributed by atoms with E-state index < -0.39 is 6.10 Å². The summed E-state index contributed by atoms with van der Waals surface area (Å²) in [6.07, 6.45) is 6.96. The highest BCUT2D eigenvalue weighted by atomic mass is 16.5. The van der Waals surface area contributed by atoms with Crippen molar-refractivity contribution in [2.75, 3.05) is 13.7 Å². The maximum Gasteiger partial charge on any atom is 0.305 e. The quantitative estimate of drug-likeness (QED) is 0.603. The molecule has 0 aromatic carbocycles. The monoisotopic (exact) mass is 378 g/mol. The SMILES string of the molecule is CCC(=O)OC1CCC2C3C(OC[C@]12C)[C@@]1(C)CC[C@H](OC)CC1=C[C@@H]3O. The van der Waals surface area contributed by atoms with Gasteiger partial charge in [0.05, 0.1) is 24.9 Å². The molecular weight excluding hydrogens is 344 g/mol. The molecule has 3 fully saturated rings. The van der Waals surface area contributed by atoms with Crippen LogP contribution in [0.15, 0.2) is 11.6 Å². The second-order valence-electron chi connectivity index (χ2n) is 9.53. The number of carbonyl (C=O) groups excluding carboxylic acids is 1. The summed E-state index contributed by atoms with van der Waals surface area (Å²) in [5.74, 6) is 0.248. The van der Waals surface area contributed by atoms with Gasteiger partial charge in [0.25, 0.3) is 0 Å². The Kier molecular flexibility index (Phi) is 4.93. The van der Waals surface area contributed by atoms with Crippen LogP contribution in [0.4, 0.5) is 0 Å². The summed E-state index contributed by atoms with van der Waals surface area (Å²) < 4.78 is 17.9. The predicted octanol–water partition coefficient (Wildman–Crippen LogP) is 3.25. The van der Waals surface area contributed by atoms with Crippen LogP contribution >= 0.6 is 0 Å². The van der Waals surface area contributed by atoms with Crippen molar-refractivity contribution < 1.29 is 24.1 Å². The van der Waals surface area contributed by atoms with Crippen LogP contribution in [0.1, 0.15) is 59.3 Å². The van der Waals surface area contributed by atoms with Gasteiger partial charge in [-0.2, -0.15) is 0 Å². The first-order valence-corrected chi connectivity index (χ1v) is 10.6. The van der Waals surface area contributed by atoms with Crippen LogP contribution in [-0.4, -0.2) is 49.2 Å². The molecule has 4 rings (SSSR count). The summed E-state index contributed by atoms with van der Waals surface area (Å²) in [4.78, 5) is 11.9. The fraction of sp³-hybridized carbons (Fsp3) is 0.864. The molecule has 0 aromatic heterocycles. The average molecular weight is 379 g/mol. The van der Waals surface area contributed by atoms with Crippen molar-refractivity contribution in [3.05, 3.63) is 11.6 Å². The Balaban J connectivity index is 1.62. The maximum atomic E-state index is 11.9. The van der Waals surface area contributed by atoms with Gasteiger partial charge in [-0.15, -0.1) is 0 Å². The lowest BCUT2D eigenvalue weighted by Crippen LogP contribution is -2.61. The van der Waals surface area contributed by atoms with E-state index in [1.165, 1.54) is 5.57 Å². The molecular formula is C22H34O5. The van der Waals surface area contributed by atoms with Gasteiger partial charge < -0.3 is 19.3 Å². The van der Waals surface area contributed by atoms with E-state index in [-0.39, 0.29) is 41.0 Å². The summed E-state index contributed by atoms with van der Waals surface area (Å²) in [5, 5.41) is 11.1. The van der Waals surface area contributed by atoms with Crippen molar-refractivity contribution in [2.45, 2.75) is 83.7 Å². The van der Waals surface area contributed by atoms with Crippen LogP contribution in [0.2, 0.25) is 0 Å². The standard InChI is InChI=1S/C22H34O5/c1-5-18(24)27-17-7-6-15-19-16(23)11-13-10-14(25-4)8-9-21(13,2)20(19)26-12-22(15,17)3/h11,14-17,19-20,23H,5-10,12H2,1-4H3/t14-,15?,16-,17?,19?,20?,21-,22-/m0/s1. The Hall–Kier alpha value is -0.910. The minimum atomic E-state index is -0.501. The van der Waals surface area contributed by atoms with Crippen molar-refractivity contribution in [1.82, 2.24) is 0 Å². The van der Waals surface area contributed by atoms with E-state index in [1.54, 1.807) is 7.11 Å². The minimum Gasteiger partial charge on any atom is -0.462 e. The van der Waals surface area contributed by atoms with E-state index in [2.05, 4.69) is 19.9 Å². The number of aliphatic hydroxyl groups is 1. The second kappa shape index (κ2) is 6.85. The van der Waals surface area contributed by atoms with E-state index in [4.69, 9.17) is 14.2 Å². The smallest absolute Gasteiger partial charge is 0.305 e. The highest BCUT2D eigenvalue weighted by molar-refractivity contribution is 5.69. The summed E-state index contributed by atoms with van der Waals surface area (Å²) >= 11 is 0. The lowest BCUT2D eigenvalue weighted by atomic mass is 9.54. The lowest BCUT2D eigenvalue weighted by Gasteiger charge is -2.58. The predicted molar refractivity (Wildman–Crippen MR) is 101 cm³/mol. The molecule has 0 aromatic rings. The zero-order valence-corrected chi connectivity index (χ0v) is 17.1. The average Bonchev–Trinajstić information content (AvgIpc) is 2.98. The molecule has 1 N–H and O–H groups in total. The lowest BCUT2D eigenvalue weighted by molar-refractivity contribution is -0.212. The fourth-order valence-corrected chi connectivity index (χ4v) is 6.42. The minimum absolute atomic E-state index is 0.0293. The Morgan fingerprint density at radius 1 is 1.33 bits per heavy atom. The number of esters is 1. The molecule has 152 valence electrons. The third-order valence-corrected chi connectivity index (χ3v) is 8.17. The molecule has 0 radical (unpaired) electrons. The molecule has 8 atom stereocenters. The number of hydrogen-bond donors (Lipinski definition) is 1. The Labute approximate surface area is 162 Å². The van der Waals surface area contributed by atoms with E-state index in [1.807, 2.05) is 6.92 Å². The topological polar surface area (TPSA) is 65.0 Å². The number of rotatable bonds is 3. The van der Waals surface area contributed by atoms with Crippen molar-refractivity contribution in [2.24, 2.45) is 22.7 Å². The Morgan fingerprint density at radius 3 is 2.81 bits per heavy atom. The van der Waals surface area contributed by atoms with E-state index in [9.17, 15) is 9.90 Å². The van der Waals surface area contributed by atoms with E-state index in [0.29, 0.717) is 18.9 Å². The zero-order valence-electron chi connectivity index (χ0n) is 17.1. The molecule has 0 spiro atoms. The van der Waals surface area contributed by atoms with Crippen LogP contribution in [0.3, 0.4) is 0 Å². The highest BCUT2D eigenvalue weighted by Gasteiger charge is 2.62. The third-order valence-electron chi connectivity index (χ3n) is 8.17. The first-order valence-electron chi connectivity index (χ1n) is 10.6. The van der Waals surface area contributed by atoms with Crippen LogP contribution in [-0.2, 0) is 19.0 Å². The van der Waals surface area contributed by atoms with Crippen molar-refractivity contribution in [3.8, 4) is 0 Å². The highest BCUT2D eigenvalue weighted by Crippen LogP contribution is 2.60. The fourth-order valence-electron chi connectivity index (χ4n) is 6.42. The molecule has 5 heteroatoms. The first-order chi connectivity index (χ1) is 12.8. The van der Waals surface area contributed by atoms with Gasteiger partial charge in [0.15, 0.2) is 0 Å². The van der Waals surface area contributed by atoms with E-state index in [0.717, 1.165) is 32.1 Å². The van der Waals surface area contributed by atoms with Gasteiger partial charge in [0.2, 0.25) is 0 Å². The molecule has 27 heavy (non-hydrogen) atoms. The zero-order chi connectivity index (χ0) is 19.4.